The second-order valence-electron chi connectivity index (χ2n) is 4.73. The van der Waals surface area contributed by atoms with E-state index in [2.05, 4.69) is 27.0 Å². The van der Waals surface area contributed by atoms with Gasteiger partial charge in [0.2, 0.25) is 0 Å². The van der Waals surface area contributed by atoms with Crippen LogP contribution in [-0.2, 0) is 6.42 Å². The summed E-state index contributed by atoms with van der Waals surface area (Å²) in [6.07, 6.45) is 4.00. The van der Waals surface area contributed by atoms with Gasteiger partial charge in [0.15, 0.2) is 0 Å². The first-order valence-corrected chi connectivity index (χ1v) is 6.84. The van der Waals surface area contributed by atoms with Gasteiger partial charge in [-0.15, -0.1) is 0 Å². The van der Waals surface area contributed by atoms with Crippen molar-refractivity contribution >= 4 is 11.3 Å². The minimum Gasteiger partial charge on any atom is -0.311 e. The first kappa shape index (κ1) is 9.82. The molecule has 0 amide bonds. The second kappa shape index (κ2) is 4.24. The molecule has 1 aromatic heterocycles. The summed E-state index contributed by atoms with van der Waals surface area (Å²) in [5, 5.41) is 8.14. The standard InChI is InChI=1S/C12H18N2S/c1-2-12-7-13-11(8-14(12)4-1)6-10-3-5-15-9-10/h3,5,9,11-13H,1-2,4,6-8H2. The Labute approximate surface area is 95.3 Å². The maximum Gasteiger partial charge on any atom is 0.0236 e. The molecule has 2 unspecified atom stereocenters. The van der Waals surface area contributed by atoms with E-state index in [1.807, 2.05) is 0 Å². The number of nitrogens with zero attached hydrogens (tertiary/aromatic N) is 1. The van der Waals surface area contributed by atoms with E-state index in [1.54, 1.807) is 11.3 Å². The number of rotatable bonds is 2. The Morgan fingerprint density at radius 2 is 2.53 bits per heavy atom. The maximum absolute atomic E-state index is 3.69. The van der Waals surface area contributed by atoms with E-state index in [4.69, 9.17) is 0 Å². The van der Waals surface area contributed by atoms with Crippen LogP contribution in [0.15, 0.2) is 16.8 Å². The number of hydrogen-bond acceptors (Lipinski definition) is 3. The molecule has 0 bridgehead atoms. The van der Waals surface area contributed by atoms with Gasteiger partial charge in [-0.1, -0.05) is 0 Å². The molecule has 0 aromatic carbocycles. The molecule has 15 heavy (non-hydrogen) atoms. The zero-order chi connectivity index (χ0) is 10.1. The molecular weight excluding hydrogens is 204 g/mol. The molecule has 2 saturated heterocycles. The van der Waals surface area contributed by atoms with Crippen molar-refractivity contribution in [2.45, 2.75) is 31.3 Å². The normalized spacial score (nSPS) is 31.7. The highest BCUT2D eigenvalue weighted by molar-refractivity contribution is 7.07. The predicted octanol–water partition coefficient (Wildman–Crippen LogP) is 1.73. The molecule has 2 atom stereocenters. The summed E-state index contributed by atoms with van der Waals surface area (Å²) < 4.78 is 0. The minimum absolute atomic E-state index is 0.675. The molecule has 0 saturated carbocycles. The number of nitrogens with one attached hydrogen (secondary N) is 1. The summed E-state index contributed by atoms with van der Waals surface area (Å²) in [6, 6.07) is 3.76. The van der Waals surface area contributed by atoms with Gasteiger partial charge in [0.25, 0.3) is 0 Å². The molecule has 82 valence electrons. The van der Waals surface area contributed by atoms with E-state index >= 15 is 0 Å². The highest BCUT2D eigenvalue weighted by atomic mass is 32.1. The predicted molar refractivity (Wildman–Crippen MR) is 64.4 cm³/mol. The van der Waals surface area contributed by atoms with Crippen LogP contribution in [0.3, 0.4) is 0 Å². The largest absolute Gasteiger partial charge is 0.311 e. The van der Waals surface area contributed by atoms with E-state index in [0.717, 1.165) is 6.04 Å². The van der Waals surface area contributed by atoms with Gasteiger partial charge in [-0.05, 0) is 48.2 Å². The van der Waals surface area contributed by atoms with Crippen LogP contribution in [0.25, 0.3) is 0 Å². The maximum atomic E-state index is 3.69. The lowest BCUT2D eigenvalue weighted by atomic mass is 10.0. The third-order valence-electron chi connectivity index (χ3n) is 3.66. The Bertz CT molecular complexity index is 309. The summed E-state index contributed by atoms with van der Waals surface area (Å²) in [5.74, 6) is 0. The van der Waals surface area contributed by atoms with Crippen molar-refractivity contribution in [2.24, 2.45) is 0 Å². The van der Waals surface area contributed by atoms with E-state index in [-0.39, 0.29) is 0 Å². The van der Waals surface area contributed by atoms with Crippen LogP contribution in [0.2, 0.25) is 0 Å². The van der Waals surface area contributed by atoms with Gasteiger partial charge in [0.05, 0.1) is 0 Å². The van der Waals surface area contributed by atoms with Crippen LogP contribution in [0, 0.1) is 0 Å². The third kappa shape index (κ3) is 2.10. The van der Waals surface area contributed by atoms with Crippen molar-refractivity contribution in [3.63, 3.8) is 0 Å². The van der Waals surface area contributed by atoms with E-state index in [9.17, 15) is 0 Å². The molecule has 3 heteroatoms. The fraction of sp³-hybridized carbons (Fsp3) is 0.667. The van der Waals surface area contributed by atoms with Crippen LogP contribution in [-0.4, -0.2) is 36.6 Å². The van der Waals surface area contributed by atoms with E-state index in [1.165, 1.54) is 44.5 Å². The topological polar surface area (TPSA) is 15.3 Å². The van der Waals surface area contributed by atoms with Gasteiger partial charge in [-0.25, -0.2) is 0 Å². The summed E-state index contributed by atoms with van der Waals surface area (Å²) in [4.78, 5) is 2.67. The average Bonchev–Trinajstić information content (AvgIpc) is 2.87. The van der Waals surface area contributed by atoms with Crippen LogP contribution in [0.1, 0.15) is 18.4 Å². The van der Waals surface area contributed by atoms with Crippen molar-refractivity contribution in [2.75, 3.05) is 19.6 Å². The second-order valence-corrected chi connectivity index (χ2v) is 5.51. The Morgan fingerprint density at radius 3 is 3.40 bits per heavy atom. The fourth-order valence-corrected chi connectivity index (χ4v) is 3.53. The Kier molecular flexibility index (Phi) is 2.77. The molecule has 1 N–H and O–H groups in total. The fourth-order valence-electron chi connectivity index (χ4n) is 2.85. The lowest BCUT2D eigenvalue weighted by Gasteiger charge is -2.36. The number of hydrogen-bond donors (Lipinski definition) is 1. The Hall–Kier alpha value is -0.380. The molecule has 0 aliphatic carbocycles. The lowest BCUT2D eigenvalue weighted by molar-refractivity contribution is 0.173. The third-order valence-corrected chi connectivity index (χ3v) is 4.39. The van der Waals surface area contributed by atoms with Crippen molar-refractivity contribution in [1.29, 1.82) is 0 Å². The Balaban J connectivity index is 1.59. The smallest absolute Gasteiger partial charge is 0.0236 e. The van der Waals surface area contributed by atoms with Gasteiger partial charge >= 0.3 is 0 Å². The van der Waals surface area contributed by atoms with Crippen LogP contribution >= 0.6 is 11.3 Å². The molecule has 2 nitrogen and oxygen atoms in total. The summed E-state index contributed by atoms with van der Waals surface area (Å²) in [7, 11) is 0. The van der Waals surface area contributed by atoms with Crippen LogP contribution in [0.5, 0.6) is 0 Å². The molecule has 2 fully saturated rings. The first-order chi connectivity index (χ1) is 7.42. The van der Waals surface area contributed by atoms with Crippen LogP contribution in [0.4, 0.5) is 0 Å². The number of fused-ring (bicyclic) bond motifs is 1. The summed E-state index contributed by atoms with van der Waals surface area (Å²) >= 11 is 1.81. The van der Waals surface area contributed by atoms with E-state index in [0.29, 0.717) is 6.04 Å². The van der Waals surface area contributed by atoms with Crippen molar-refractivity contribution in [1.82, 2.24) is 10.2 Å². The molecule has 2 aliphatic rings. The Morgan fingerprint density at radius 1 is 1.53 bits per heavy atom. The van der Waals surface area contributed by atoms with E-state index < -0.39 is 0 Å². The molecule has 0 radical (unpaired) electrons. The molecule has 0 spiro atoms. The van der Waals surface area contributed by atoms with Crippen molar-refractivity contribution < 1.29 is 0 Å². The van der Waals surface area contributed by atoms with Gasteiger partial charge in [0.1, 0.15) is 0 Å². The summed E-state index contributed by atoms with van der Waals surface area (Å²) in [6.45, 7) is 3.78. The molecule has 3 heterocycles. The molecular formula is C12H18N2S. The van der Waals surface area contributed by atoms with Crippen molar-refractivity contribution in [3.8, 4) is 0 Å². The monoisotopic (exact) mass is 222 g/mol. The van der Waals surface area contributed by atoms with Gasteiger partial charge < -0.3 is 5.32 Å². The zero-order valence-corrected chi connectivity index (χ0v) is 9.80. The number of piperazine rings is 1. The number of thiophene rings is 1. The van der Waals surface area contributed by atoms with Crippen LogP contribution < -0.4 is 5.32 Å². The first-order valence-electron chi connectivity index (χ1n) is 5.90. The van der Waals surface area contributed by atoms with Crippen molar-refractivity contribution in [3.05, 3.63) is 22.4 Å². The molecule has 2 aliphatic heterocycles. The quantitative estimate of drug-likeness (QED) is 0.820. The average molecular weight is 222 g/mol. The highest BCUT2D eigenvalue weighted by Crippen LogP contribution is 2.21. The summed E-state index contributed by atoms with van der Waals surface area (Å²) in [5.41, 5.74) is 1.50. The minimum atomic E-state index is 0.675. The van der Waals surface area contributed by atoms with Gasteiger partial charge in [-0.3, -0.25) is 4.90 Å². The van der Waals surface area contributed by atoms with Gasteiger partial charge in [0, 0.05) is 25.2 Å². The highest BCUT2D eigenvalue weighted by Gasteiger charge is 2.30. The molecule has 3 rings (SSSR count). The SMILES string of the molecule is c1cc(CC2CN3CCCC3CN2)cs1. The zero-order valence-electron chi connectivity index (χ0n) is 8.98. The van der Waals surface area contributed by atoms with Gasteiger partial charge in [-0.2, -0.15) is 11.3 Å². The molecule has 1 aromatic rings. The lowest BCUT2D eigenvalue weighted by Crippen LogP contribution is -2.54.